The van der Waals surface area contributed by atoms with Gasteiger partial charge in [0.25, 0.3) is 10.1 Å². The van der Waals surface area contributed by atoms with Crippen molar-refractivity contribution in [3.63, 3.8) is 0 Å². The van der Waals surface area contributed by atoms with Gasteiger partial charge in [-0.3, -0.25) is 13.8 Å². The minimum atomic E-state index is -4.22. The van der Waals surface area contributed by atoms with Crippen molar-refractivity contribution in [2.24, 2.45) is 11.7 Å². The van der Waals surface area contributed by atoms with E-state index in [1.54, 1.807) is 13.8 Å². The summed E-state index contributed by atoms with van der Waals surface area (Å²) in [6.45, 7) is 3.01. The number of nitrogens with two attached hydrogens (primary N) is 1. The number of ether oxygens (including phenoxy) is 1. The van der Waals surface area contributed by atoms with Gasteiger partial charge in [-0.2, -0.15) is 8.42 Å². The lowest BCUT2D eigenvalue weighted by atomic mass is 9.98. The molecule has 0 heterocycles. The Morgan fingerprint density at radius 3 is 2.12 bits per heavy atom. The monoisotopic (exact) mass is 695 g/mol. The Hall–Kier alpha value is -4.99. The van der Waals surface area contributed by atoms with Crippen molar-refractivity contribution in [1.82, 2.24) is 16.0 Å². The Balaban J connectivity index is 1.46. The number of primary amides is 1. The molecule has 0 saturated carbocycles. The molecule has 3 aromatic rings. The Labute approximate surface area is 284 Å². The smallest absolute Gasteiger partial charge is 0.407 e. The lowest BCUT2D eigenvalue weighted by molar-refractivity contribution is -0.128. The zero-order chi connectivity index (χ0) is 35.7. The minimum Gasteiger partial charge on any atom is -0.449 e. The average Bonchev–Trinajstić information content (AvgIpc) is 3.40. The molecule has 0 fully saturated rings. The average molecular weight is 696 g/mol. The molecular formula is C34H41N5O9S. The number of alkyl carbamates (subject to hydrolysis) is 1. The molecule has 49 heavy (non-hydrogen) atoms. The summed E-state index contributed by atoms with van der Waals surface area (Å²) >= 11 is 0. The summed E-state index contributed by atoms with van der Waals surface area (Å²) in [7, 11) is -3.25. The lowest BCUT2D eigenvalue weighted by Gasteiger charge is -2.25. The second kappa shape index (κ2) is 16.4. The van der Waals surface area contributed by atoms with E-state index in [2.05, 4.69) is 25.5 Å². The first-order valence-corrected chi connectivity index (χ1v) is 17.1. The standard InChI is InChI=1S/C34H41N5O9S/c1-20(2)30(39-34(44)48-19-27-25-11-6-4-9-23(25)24-10-5-7-12-26(24)27)32(42)38-28(13-8-16-36-33(35)43)31(41)37-22-15-14-21(18-40)29(17-22)49(45,46)47-3/h4-7,9-12,14-15,17,20,27-28,30,40H,8,13,16,18-19H2,1-3H3,(H,37,41)(H,38,42)(H,39,44)(H3,35,36,43). The number of aliphatic hydroxyl groups excluding tert-OH is 1. The van der Waals surface area contributed by atoms with Gasteiger partial charge in [0.05, 0.1) is 13.7 Å². The summed E-state index contributed by atoms with van der Waals surface area (Å²) < 4.78 is 35.0. The highest BCUT2D eigenvalue weighted by atomic mass is 32.2. The van der Waals surface area contributed by atoms with Gasteiger partial charge in [0, 0.05) is 18.2 Å². The number of urea groups is 1. The molecule has 262 valence electrons. The molecule has 1 aliphatic carbocycles. The number of anilines is 1. The number of aliphatic hydroxyl groups is 1. The van der Waals surface area contributed by atoms with E-state index in [0.717, 1.165) is 35.4 Å². The van der Waals surface area contributed by atoms with Crippen molar-refractivity contribution in [3.05, 3.63) is 83.4 Å². The van der Waals surface area contributed by atoms with E-state index in [4.69, 9.17) is 10.5 Å². The highest BCUT2D eigenvalue weighted by molar-refractivity contribution is 7.86. The molecule has 3 aromatic carbocycles. The fraction of sp³-hybridized carbons (Fsp3) is 0.353. The van der Waals surface area contributed by atoms with Gasteiger partial charge in [0.1, 0.15) is 23.6 Å². The van der Waals surface area contributed by atoms with Gasteiger partial charge in [0.2, 0.25) is 11.8 Å². The zero-order valence-corrected chi connectivity index (χ0v) is 28.2. The van der Waals surface area contributed by atoms with Crippen LogP contribution in [0.5, 0.6) is 0 Å². The number of hydrogen-bond acceptors (Lipinski definition) is 9. The van der Waals surface area contributed by atoms with Crippen molar-refractivity contribution >= 4 is 39.7 Å². The molecule has 0 aliphatic heterocycles. The van der Waals surface area contributed by atoms with Crippen LogP contribution in [-0.4, -0.2) is 69.8 Å². The zero-order valence-electron chi connectivity index (χ0n) is 27.4. The predicted octanol–water partition coefficient (Wildman–Crippen LogP) is 2.95. The van der Waals surface area contributed by atoms with E-state index in [0.29, 0.717) is 0 Å². The normalized spacial score (nSPS) is 13.5. The van der Waals surface area contributed by atoms with Crippen molar-refractivity contribution < 1.29 is 41.6 Å². The lowest BCUT2D eigenvalue weighted by Crippen LogP contribution is -2.54. The molecule has 0 spiro atoms. The van der Waals surface area contributed by atoms with Gasteiger partial charge in [-0.15, -0.1) is 0 Å². The van der Waals surface area contributed by atoms with Gasteiger partial charge in [0.15, 0.2) is 0 Å². The summed E-state index contributed by atoms with van der Waals surface area (Å²) in [4.78, 5) is 50.8. The third-order valence-electron chi connectivity index (χ3n) is 8.16. The van der Waals surface area contributed by atoms with Crippen LogP contribution in [0.4, 0.5) is 15.3 Å². The van der Waals surface area contributed by atoms with Gasteiger partial charge in [-0.1, -0.05) is 68.4 Å². The highest BCUT2D eigenvalue weighted by Crippen LogP contribution is 2.44. The van der Waals surface area contributed by atoms with E-state index in [9.17, 15) is 32.7 Å². The largest absolute Gasteiger partial charge is 0.449 e. The number of carbonyl (C=O) groups is 4. The molecule has 1 aliphatic rings. The third-order valence-corrected chi connectivity index (χ3v) is 9.52. The first-order valence-electron chi connectivity index (χ1n) is 15.7. The Morgan fingerprint density at radius 2 is 1.55 bits per heavy atom. The summed E-state index contributed by atoms with van der Waals surface area (Å²) in [6.07, 6.45) is -0.524. The number of fused-ring (bicyclic) bond motifs is 3. The summed E-state index contributed by atoms with van der Waals surface area (Å²) in [5.41, 5.74) is 9.47. The van der Waals surface area contributed by atoms with Crippen LogP contribution in [0, 0.1) is 5.92 Å². The maximum Gasteiger partial charge on any atom is 0.407 e. The first-order chi connectivity index (χ1) is 23.4. The SMILES string of the molecule is COS(=O)(=O)c1cc(NC(=O)C(CCCNC(N)=O)NC(=O)C(NC(=O)OCC2c3ccccc3-c3ccccc32)C(C)C)ccc1CO. The molecule has 14 nitrogen and oxygen atoms in total. The number of carbonyl (C=O) groups excluding carboxylic acids is 4. The van der Waals surface area contributed by atoms with Crippen LogP contribution in [-0.2, 0) is 35.2 Å². The maximum absolute atomic E-state index is 13.5. The van der Waals surface area contributed by atoms with Crippen LogP contribution >= 0.6 is 0 Å². The van der Waals surface area contributed by atoms with Crippen LogP contribution in [0.25, 0.3) is 11.1 Å². The number of hydrogen-bond donors (Lipinski definition) is 6. The van der Waals surface area contributed by atoms with Crippen LogP contribution < -0.4 is 27.0 Å². The number of nitrogens with one attached hydrogen (secondary N) is 4. The number of amides is 5. The number of rotatable bonds is 15. The van der Waals surface area contributed by atoms with Gasteiger partial charge >= 0.3 is 12.1 Å². The second-order valence-corrected chi connectivity index (χ2v) is 13.5. The van der Waals surface area contributed by atoms with Crippen molar-refractivity contribution in [1.29, 1.82) is 0 Å². The van der Waals surface area contributed by atoms with Crippen molar-refractivity contribution in [2.75, 3.05) is 25.6 Å². The summed E-state index contributed by atoms with van der Waals surface area (Å²) in [5, 5.41) is 19.9. The molecule has 0 bridgehead atoms. The van der Waals surface area contributed by atoms with Gasteiger partial charge < -0.3 is 36.8 Å². The van der Waals surface area contributed by atoms with E-state index in [-0.39, 0.29) is 48.1 Å². The molecule has 0 aromatic heterocycles. The van der Waals surface area contributed by atoms with Crippen LogP contribution in [0.1, 0.15) is 49.3 Å². The third kappa shape index (κ3) is 9.13. The van der Waals surface area contributed by atoms with E-state index in [1.807, 2.05) is 48.5 Å². The Bertz CT molecular complexity index is 1750. The second-order valence-electron chi connectivity index (χ2n) is 11.8. The summed E-state index contributed by atoms with van der Waals surface area (Å²) in [6, 6.07) is 16.6. The van der Waals surface area contributed by atoms with Crippen LogP contribution in [0.3, 0.4) is 0 Å². The Morgan fingerprint density at radius 1 is 0.918 bits per heavy atom. The number of benzene rings is 3. The van der Waals surface area contributed by atoms with Crippen LogP contribution in [0.15, 0.2) is 71.6 Å². The van der Waals surface area contributed by atoms with Crippen molar-refractivity contribution in [3.8, 4) is 11.1 Å². The molecule has 0 saturated heterocycles. The first kappa shape index (κ1) is 36.8. The van der Waals surface area contributed by atoms with Gasteiger partial charge in [-0.25, -0.2) is 9.59 Å². The van der Waals surface area contributed by atoms with E-state index < -0.39 is 58.7 Å². The molecule has 7 N–H and O–H groups in total. The van der Waals surface area contributed by atoms with Gasteiger partial charge in [-0.05, 0) is 58.7 Å². The Kier molecular flexibility index (Phi) is 12.3. The maximum atomic E-state index is 13.5. The van der Waals surface area contributed by atoms with E-state index in [1.165, 1.54) is 12.1 Å². The fourth-order valence-corrected chi connectivity index (χ4v) is 6.57. The predicted molar refractivity (Wildman–Crippen MR) is 181 cm³/mol. The molecule has 15 heteroatoms. The molecule has 0 radical (unpaired) electrons. The fourth-order valence-electron chi connectivity index (χ4n) is 5.66. The molecule has 2 unspecified atom stereocenters. The molecular weight excluding hydrogens is 654 g/mol. The quantitative estimate of drug-likeness (QED) is 0.102. The molecule has 5 amide bonds. The van der Waals surface area contributed by atoms with E-state index >= 15 is 0 Å². The van der Waals surface area contributed by atoms with Crippen LogP contribution in [0.2, 0.25) is 0 Å². The minimum absolute atomic E-state index is 0.0417. The summed E-state index contributed by atoms with van der Waals surface area (Å²) in [5.74, 6) is -1.95. The van der Waals surface area contributed by atoms with Crippen molar-refractivity contribution in [2.45, 2.75) is 56.2 Å². The molecule has 2 atom stereocenters. The molecule has 4 rings (SSSR count). The highest BCUT2D eigenvalue weighted by Gasteiger charge is 2.32. The topological polar surface area (TPSA) is 215 Å².